The Hall–Kier alpha value is -1.66. The third kappa shape index (κ3) is 3.08. The third-order valence-corrected chi connectivity index (χ3v) is 4.96. The predicted molar refractivity (Wildman–Crippen MR) is 90.7 cm³/mol. The van der Waals surface area contributed by atoms with Gasteiger partial charge in [0.1, 0.15) is 21.9 Å². The van der Waals surface area contributed by atoms with E-state index < -0.39 is 0 Å². The van der Waals surface area contributed by atoms with Crippen molar-refractivity contribution in [3.8, 4) is 16.9 Å². The normalized spacial score (nSPS) is 11.0. The first-order valence-corrected chi connectivity index (χ1v) is 8.84. The molecule has 0 bridgehead atoms. The van der Waals surface area contributed by atoms with Crippen LogP contribution in [0.3, 0.4) is 0 Å². The van der Waals surface area contributed by atoms with Gasteiger partial charge in [0.2, 0.25) is 0 Å². The molecule has 6 heteroatoms. The number of hydrogen-bond donors (Lipinski definition) is 0. The Morgan fingerprint density at radius 1 is 1.23 bits per heavy atom. The largest absolute Gasteiger partial charge is 0.494 e. The zero-order valence-electron chi connectivity index (χ0n) is 12.1. The highest BCUT2D eigenvalue weighted by Gasteiger charge is 2.13. The molecule has 0 atom stereocenters. The van der Waals surface area contributed by atoms with Crippen molar-refractivity contribution in [2.75, 3.05) is 19.0 Å². The van der Waals surface area contributed by atoms with E-state index in [0.717, 1.165) is 32.1 Å². The molecule has 114 valence electrons. The number of thiophene rings is 1. The van der Waals surface area contributed by atoms with Crippen LogP contribution in [0.5, 0.6) is 5.75 Å². The number of fused-ring (bicyclic) bond motifs is 1. The van der Waals surface area contributed by atoms with Gasteiger partial charge in [-0.05, 0) is 24.6 Å². The molecule has 0 aliphatic heterocycles. The number of thioether (sulfide) groups is 1. The minimum absolute atomic E-state index is 0.362. The average Bonchev–Trinajstić information content (AvgIpc) is 2.99. The number of nitrogens with zero attached hydrogens (tertiary/aromatic N) is 2. The maximum absolute atomic E-state index is 12.5. The molecule has 0 radical (unpaired) electrons. The Morgan fingerprint density at radius 3 is 2.77 bits per heavy atom. The Morgan fingerprint density at radius 2 is 2.05 bits per heavy atom. The van der Waals surface area contributed by atoms with E-state index in [1.54, 1.807) is 17.7 Å². The quantitative estimate of drug-likeness (QED) is 0.478. The minimum Gasteiger partial charge on any atom is -0.494 e. The first-order chi connectivity index (χ1) is 10.8. The lowest BCUT2D eigenvalue weighted by Gasteiger charge is -2.06. The number of halogens is 1. The van der Waals surface area contributed by atoms with Crippen molar-refractivity contribution < 1.29 is 9.13 Å². The zero-order valence-corrected chi connectivity index (χ0v) is 13.7. The molecule has 0 N–H and O–H groups in total. The van der Waals surface area contributed by atoms with Crippen LogP contribution in [0, 0.1) is 0 Å². The lowest BCUT2D eigenvalue weighted by atomic mass is 10.1. The van der Waals surface area contributed by atoms with Crippen molar-refractivity contribution in [2.24, 2.45) is 0 Å². The van der Waals surface area contributed by atoms with Gasteiger partial charge >= 0.3 is 0 Å². The van der Waals surface area contributed by atoms with Crippen LogP contribution >= 0.6 is 23.1 Å². The summed E-state index contributed by atoms with van der Waals surface area (Å²) in [5.74, 6) is 1.26. The SMILES string of the molecule is CCOc1ccc(-c2csc3ncnc(SCCF)c23)cc1. The number of ether oxygens (including phenoxy) is 1. The van der Waals surface area contributed by atoms with E-state index >= 15 is 0 Å². The maximum Gasteiger partial charge on any atom is 0.128 e. The second-order valence-electron chi connectivity index (χ2n) is 4.50. The molecule has 1 aromatic carbocycles. The summed E-state index contributed by atoms with van der Waals surface area (Å²) in [5, 5.41) is 3.93. The van der Waals surface area contributed by atoms with Crippen LogP contribution in [-0.2, 0) is 0 Å². The molecule has 22 heavy (non-hydrogen) atoms. The standard InChI is InChI=1S/C16H15FN2OS2/c1-2-20-12-5-3-11(4-6-12)13-9-22-16-14(13)15(18-10-19-16)21-8-7-17/h3-6,9-10H,2,7-8H2,1H3. The monoisotopic (exact) mass is 334 g/mol. The van der Waals surface area contributed by atoms with E-state index in [0.29, 0.717) is 12.4 Å². The topological polar surface area (TPSA) is 35.0 Å². The second kappa shape index (κ2) is 7.07. The Bertz CT molecular complexity index is 758. The van der Waals surface area contributed by atoms with Crippen LogP contribution in [0.1, 0.15) is 6.92 Å². The van der Waals surface area contributed by atoms with Gasteiger partial charge in [0, 0.05) is 16.7 Å². The molecule has 3 aromatic rings. The van der Waals surface area contributed by atoms with Crippen molar-refractivity contribution in [3.63, 3.8) is 0 Å². The van der Waals surface area contributed by atoms with Gasteiger partial charge in [-0.15, -0.1) is 23.1 Å². The molecule has 0 unspecified atom stereocenters. The third-order valence-electron chi connectivity index (χ3n) is 3.13. The van der Waals surface area contributed by atoms with Gasteiger partial charge in [-0.3, -0.25) is 4.39 Å². The van der Waals surface area contributed by atoms with Crippen LogP contribution in [0.4, 0.5) is 4.39 Å². The van der Waals surface area contributed by atoms with Gasteiger partial charge in [0.25, 0.3) is 0 Å². The summed E-state index contributed by atoms with van der Waals surface area (Å²) in [6, 6.07) is 7.98. The molecule has 3 rings (SSSR count). The number of rotatable bonds is 6. The van der Waals surface area contributed by atoms with Crippen LogP contribution in [0.2, 0.25) is 0 Å². The molecule has 0 spiro atoms. The molecule has 0 aliphatic carbocycles. The molecule has 2 heterocycles. The smallest absolute Gasteiger partial charge is 0.128 e. The van der Waals surface area contributed by atoms with Crippen molar-refractivity contribution in [1.29, 1.82) is 0 Å². The number of hydrogen-bond acceptors (Lipinski definition) is 5. The van der Waals surface area contributed by atoms with Gasteiger partial charge in [-0.25, -0.2) is 9.97 Å². The fourth-order valence-electron chi connectivity index (χ4n) is 2.20. The Kier molecular flexibility index (Phi) is 4.90. The summed E-state index contributed by atoms with van der Waals surface area (Å²) >= 11 is 3.01. The predicted octanol–water partition coefficient (Wildman–Crippen LogP) is 4.82. The van der Waals surface area contributed by atoms with Gasteiger partial charge in [0.15, 0.2) is 0 Å². The molecule has 0 fully saturated rings. The molecule has 3 nitrogen and oxygen atoms in total. The van der Waals surface area contributed by atoms with Gasteiger partial charge < -0.3 is 4.74 Å². The van der Waals surface area contributed by atoms with Crippen LogP contribution in [-0.4, -0.2) is 29.0 Å². The van der Waals surface area contributed by atoms with E-state index in [1.165, 1.54) is 11.8 Å². The highest BCUT2D eigenvalue weighted by atomic mass is 32.2. The van der Waals surface area contributed by atoms with Crippen molar-refractivity contribution in [2.45, 2.75) is 11.9 Å². The highest BCUT2D eigenvalue weighted by molar-refractivity contribution is 7.99. The molecular formula is C16H15FN2OS2. The first-order valence-electron chi connectivity index (χ1n) is 6.97. The fraction of sp³-hybridized carbons (Fsp3) is 0.250. The molecule has 0 saturated carbocycles. The van der Waals surface area contributed by atoms with Crippen molar-refractivity contribution >= 4 is 33.3 Å². The molecule has 0 amide bonds. The lowest BCUT2D eigenvalue weighted by molar-refractivity contribution is 0.340. The van der Waals surface area contributed by atoms with E-state index in [9.17, 15) is 4.39 Å². The lowest BCUT2D eigenvalue weighted by Crippen LogP contribution is -1.91. The van der Waals surface area contributed by atoms with E-state index in [1.807, 2.05) is 31.2 Å². The van der Waals surface area contributed by atoms with Gasteiger partial charge in [-0.1, -0.05) is 12.1 Å². The summed E-state index contributed by atoms with van der Waals surface area (Å²) in [6.07, 6.45) is 1.54. The summed E-state index contributed by atoms with van der Waals surface area (Å²) < 4.78 is 17.9. The van der Waals surface area contributed by atoms with E-state index in [-0.39, 0.29) is 6.67 Å². The molecule has 0 saturated heterocycles. The molecular weight excluding hydrogens is 319 g/mol. The molecule has 0 aliphatic rings. The van der Waals surface area contributed by atoms with Crippen LogP contribution < -0.4 is 4.74 Å². The van der Waals surface area contributed by atoms with E-state index in [2.05, 4.69) is 15.3 Å². The average molecular weight is 334 g/mol. The van der Waals surface area contributed by atoms with Gasteiger partial charge in [-0.2, -0.15) is 0 Å². The Labute approximate surface area is 136 Å². The van der Waals surface area contributed by atoms with Crippen molar-refractivity contribution in [3.05, 3.63) is 36.0 Å². The maximum atomic E-state index is 12.5. The van der Waals surface area contributed by atoms with Gasteiger partial charge in [0.05, 0.1) is 18.7 Å². The highest BCUT2D eigenvalue weighted by Crippen LogP contribution is 2.38. The van der Waals surface area contributed by atoms with Crippen LogP contribution in [0.15, 0.2) is 41.0 Å². The number of benzene rings is 1. The van der Waals surface area contributed by atoms with Crippen LogP contribution in [0.25, 0.3) is 21.3 Å². The summed E-state index contributed by atoms with van der Waals surface area (Å²) in [7, 11) is 0. The van der Waals surface area contributed by atoms with Crippen molar-refractivity contribution in [1.82, 2.24) is 9.97 Å². The summed E-state index contributed by atoms with van der Waals surface area (Å²) in [6.45, 7) is 2.25. The first kappa shape index (κ1) is 15.2. The summed E-state index contributed by atoms with van der Waals surface area (Å²) in [5.41, 5.74) is 2.18. The fourth-order valence-corrected chi connectivity index (χ4v) is 3.93. The number of aromatic nitrogens is 2. The Balaban J connectivity index is 2.02. The molecule has 2 aromatic heterocycles. The zero-order chi connectivity index (χ0) is 15.4. The van der Waals surface area contributed by atoms with E-state index in [4.69, 9.17) is 4.74 Å². The summed E-state index contributed by atoms with van der Waals surface area (Å²) in [4.78, 5) is 9.57. The number of alkyl halides is 1. The second-order valence-corrected chi connectivity index (χ2v) is 6.44. The minimum atomic E-state index is -0.362.